The molecule has 1 heterocycles. The fourth-order valence-corrected chi connectivity index (χ4v) is 7.10. The molecule has 1 aliphatic carbocycles. The predicted molar refractivity (Wildman–Crippen MR) is 133 cm³/mol. The maximum atomic E-state index is 13.3. The Kier molecular flexibility index (Phi) is 7.03. The zero-order valence-electron chi connectivity index (χ0n) is 18.4. The highest BCUT2D eigenvalue weighted by atomic mass is 35.5. The van der Waals surface area contributed by atoms with Crippen LogP contribution in [0.2, 0.25) is 5.02 Å². The van der Waals surface area contributed by atoms with Gasteiger partial charge in [0.15, 0.2) is 0 Å². The van der Waals surface area contributed by atoms with E-state index in [0.717, 1.165) is 16.9 Å². The number of aliphatic carboxylic acids is 1. The van der Waals surface area contributed by atoms with Gasteiger partial charge in [0.05, 0.1) is 6.61 Å². The molecule has 0 bridgehead atoms. The summed E-state index contributed by atoms with van der Waals surface area (Å²) in [7, 11) is -4.21. The number of thiophene rings is 1. The second-order valence-corrected chi connectivity index (χ2v) is 11.7. The Morgan fingerprint density at radius 3 is 2.34 bits per heavy atom. The van der Waals surface area contributed by atoms with Gasteiger partial charge in [-0.15, -0.1) is 11.3 Å². The molecule has 0 saturated heterocycles. The molecule has 8 nitrogen and oxygen atoms in total. The van der Waals surface area contributed by atoms with Crippen molar-refractivity contribution in [1.82, 2.24) is 10.0 Å². The first kappa shape index (κ1) is 25.3. The fraction of sp³-hybridized carbons (Fsp3) is 0.250. The van der Waals surface area contributed by atoms with Gasteiger partial charge in [-0.05, 0) is 41.8 Å². The van der Waals surface area contributed by atoms with Crippen molar-refractivity contribution in [3.05, 3.63) is 77.3 Å². The number of benzene rings is 2. The highest BCUT2D eigenvalue weighted by molar-refractivity contribution is 7.91. The van der Waals surface area contributed by atoms with E-state index >= 15 is 0 Å². The Bertz CT molecular complexity index is 1340. The van der Waals surface area contributed by atoms with Crippen molar-refractivity contribution in [2.24, 2.45) is 0 Å². The van der Waals surface area contributed by atoms with Crippen LogP contribution < -0.4 is 10.0 Å². The lowest BCUT2D eigenvalue weighted by Gasteiger charge is -2.24. The lowest BCUT2D eigenvalue weighted by atomic mass is 9.90. The molecular formula is C24H23ClN2O6S2. The summed E-state index contributed by atoms with van der Waals surface area (Å²) in [5, 5.41) is 22.4. The second kappa shape index (κ2) is 9.71. The summed E-state index contributed by atoms with van der Waals surface area (Å²) in [6.45, 7) is -0.458. The van der Waals surface area contributed by atoms with Crippen LogP contribution in [-0.4, -0.2) is 49.2 Å². The fourth-order valence-electron chi connectivity index (χ4n) is 4.24. The van der Waals surface area contributed by atoms with Crippen molar-refractivity contribution in [2.45, 2.75) is 28.0 Å². The molecule has 1 saturated carbocycles. The van der Waals surface area contributed by atoms with E-state index in [2.05, 4.69) is 10.0 Å². The van der Waals surface area contributed by atoms with Crippen molar-refractivity contribution < 1.29 is 28.2 Å². The molecule has 1 amide bonds. The Balaban J connectivity index is 1.66. The van der Waals surface area contributed by atoms with Gasteiger partial charge in [-0.1, -0.05) is 54.1 Å². The van der Waals surface area contributed by atoms with Crippen molar-refractivity contribution in [3.63, 3.8) is 0 Å². The quantitative estimate of drug-likeness (QED) is 0.316. The number of halogens is 1. The zero-order valence-corrected chi connectivity index (χ0v) is 20.8. The third-order valence-electron chi connectivity index (χ3n) is 6.16. The van der Waals surface area contributed by atoms with E-state index in [1.54, 1.807) is 60.7 Å². The molecule has 0 radical (unpaired) electrons. The largest absolute Gasteiger partial charge is 0.480 e. The molecule has 3 aromatic rings. The molecular weight excluding hydrogens is 512 g/mol. The van der Waals surface area contributed by atoms with Crippen molar-refractivity contribution in [3.8, 4) is 10.4 Å². The monoisotopic (exact) mass is 534 g/mol. The summed E-state index contributed by atoms with van der Waals surface area (Å²) in [4.78, 5) is 25.2. The highest BCUT2D eigenvalue weighted by Crippen LogP contribution is 2.58. The van der Waals surface area contributed by atoms with E-state index in [0.29, 0.717) is 15.5 Å². The zero-order chi connectivity index (χ0) is 25.3. The van der Waals surface area contributed by atoms with Crippen LogP contribution in [0.15, 0.2) is 70.9 Å². The average Bonchev–Trinajstić information content (AvgIpc) is 3.21. The van der Waals surface area contributed by atoms with Crippen LogP contribution in [0.25, 0.3) is 10.4 Å². The van der Waals surface area contributed by atoms with Gasteiger partial charge in [0.25, 0.3) is 10.0 Å². The second-order valence-electron chi connectivity index (χ2n) is 8.32. The lowest BCUT2D eigenvalue weighted by Crippen LogP contribution is -2.51. The number of nitrogens with one attached hydrogen (secondary N) is 2. The number of amides is 1. The maximum Gasteiger partial charge on any atom is 0.325 e. The first-order valence-electron chi connectivity index (χ1n) is 10.7. The third-order valence-corrected chi connectivity index (χ3v) is 9.53. The Hall–Kier alpha value is -2.76. The molecule has 0 aliphatic heterocycles. The van der Waals surface area contributed by atoms with Crippen LogP contribution in [0.1, 0.15) is 18.4 Å². The Morgan fingerprint density at radius 2 is 1.71 bits per heavy atom. The van der Waals surface area contributed by atoms with E-state index in [1.807, 2.05) is 0 Å². The smallest absolute Gasteiger partial charge is 0.325 e. The van der Waals surface area contributed by atoms with Crippen LogP contribution in [0.4, 0.5) is 0 Å². The van der Waals surface area contributed by atoms with E-state index < -0.39 is 32.9 Å². The summed E-state index contributed by atoms with van der Waals surface area (Å²) in [5.74, 6) is -1.79. The first-order chi connectivity index (χ1) is 16.6. The number of hydrogen-bond acceptors (Lipinski definition) is 6. The predicted octanol–water partition coefficient (Wildman–Crippen LogP) is 3.01. The maximum absolute atomic E-state index is 13.3. The van der Waals surface area contributed by atoms with Crippen LogP contribution >= 0.6 is 22.9 Å². The minimum atomic E-state index is -4.21. The van der Waals surface area contributed by atoms with Gasteiger partial charge in [0, 0.05) is 28.3 Å². The number of carboxylic acids is 1. The molecule has 1 fully saturated rings. The van der Waals surface area contributed by atoms with E-state index in [9.17, 15) is 23.1 Å². The van der Waals surface area contributed by atoms with Gasteiger partial charge in [-0.2, -0.15) is 4.72 Å². The molecule has 2 atom stereocenters. The lowest BCUT2D eigenvalue weighted by molar-refractivity contribution is -0.141. The Labute approximate surface area is 211 Å². The number of hydrogen-bond donors (Lipinski definition) is 4. The highest BCUT2D eigenvalue weighted by Gasteiger charge is 2.74. The summed E-state index contributed by atoms with van der Waals surface area (Å²) < 4.78 is 29.1. The number of sulfonamides is 1. The SMILES string of the molecule is O=C(CCO)NC[C@@]1(c2ccccc2)C[C@]1(NS(=O)(=O)c1ccc(-c2ccc(Cl)cc2)s1)C(=O)O. The Morgan fingerprint density at radius 1 is 1.03 bits per heavy atom. The molecule has 1 aromatic heterocycles. The molecule has 4 rings (SSSR count). The summed E-state index contributed by atoms with van der Waals surface area (Å²) in [5.41, 5.74) is -1.69. The number of rotatable bonds is 10. The number of aliphatic hydroxyl groups excluding tert-OH is 1. The van der Waals surface area contributed by atoms with Crippen molar-refractivity contribution in [2.75, 3.05) is 13.2 Å². The van der Waals surface area contributed by atoms with Gasteiger partial charge in [-0.25, -0.2) is 8.42 Å². The average molecular weight is 535 g/mol. The minimum Gasteiger partial charge on any atom is -0.480 e. The molecule has 184 valence electrons. The van der Waals surface area contributed by atoms with Gasteiger partial charge < -0.3 is 15.5 Å². The minimum absolute atomic E-state index is 0.0266. The molecule has 1 aliphatic rings. The standard InChI is InChI=1S/C24H23ClN2O6S2/c25-18-8-6-16(7-9-18)19-10-11-21(34-19)35(32,33)27-24(22(30)31)14-23(24,15-26-20(29)12-13-28)17-4-2-1-3-5-17/h1-11,27-28H,12-15H2,(H,26,29)(H,30,31)/t23-,24+/m1/s1. The van der Waals surface area contributed by atoms with Gasteiger partial charge in [-0.3, -0.25) is 9.59 Å². The van der Waals surface area contributed by atoms with Gasteiger partial charge in [0.1, 0.15) is 9.75 Å². The van der Waals surface area contributed by atoms with Crippen LogP contribution in [-0.2, 0) is 25.0 Å². The van der Waals surface area contributed by atoms with Crippen LogP contribution in [0.3, 0.4) is 0 Å². The summed E-state index contributed by atoms with van der Waals surface area (Å²) in [6.07, 6.45) is -0.188. The normalized spacial score (nSPS) is 21.4. The molecule has 11 heteroatoms. The molecule has 0 spiro atoms. The molecule has 0 unspecified atom stereocenters. The number of carbonyl (C=O) groups excluding carboxylic acids is 1. The van der Waals surface area contributed by atoms with Gasteiger partial charge in [0.2, 0.25) is 5.91 Å². The van der Waals surface area contributed by atoms with E-state index in [1.165, 1.54) is 6.07 Å². The number of aliphatic hydroxyl groups is 1. The van der Waals surface area contributed by atoms with E-state index in [-0.39, 0.29) is 30.2 Å². The number of carboxylic acid groups (broad SMARTS) is 1. The van der Waals surface area contributed by atoms with E-state index in [4.69, 9.17) is 16.7 Å². The van der Waals surface area contributed by atoms with Gasteiger partial charge >= 0.3 is 5.97 Å². The topological polar surface area (TPSA) is 133 Å². The molecule has 2 aromatic carbocycles. The molecule has 4 N–H and O–H groups in total. The number of carbonyl (C=O) groups is 2. The van der Waals surface area contributed by atoms with Crippen LogP contribution in [0, 0.1) is 0 Å². The summed E-state index contributed by atoms with van der Waals surface area (Å²) >= 11 is 6.95. The molecule has 35 heavy (non-hydrogen) atoms. The first-order valence-corrected chi connectivity index (χ1v) is 13.4. The van der Waals surface area contributed by atoms with Crippen molar-refractivity contribution in [1.29, 1.82) is 0 Å². The van der Waals surface area contributed by atoms with Crippen molar-refractivity contribution >= 4 is 44.8 Å². The van der Waals surface area contributed by atoms with Crippen LogP contribution in [0.5, 0.6) is 0 Å². The third kappa shape index (κ3) is 4.85. The summed E-state index contributed by atoms with van der Waals surface area (Å²) in [6, 6.07) is 18.7.